The monoisotopic (exact) mass is 336 g/mol. The third kappa shape index (κ3) is 3.30. The smallest absolute Gasteiger partial charge is 0.0617 e. The summed E-state index contributed by atoms with van der Waals surface area (Å²) in [6, 6.07) is 0. The second-order valence-corrected chi connectivity index (χ2v) is 11.0. The molecule has 2 saturated heterocycles. The molecular formula is C22H40O2. The fraction of sp³-hybridized carbons (Fsp3) is 1.00. The number of hydrogen-bond donors (Lipinski definition) is 0. The maximum absolute atomic E-state index is 6.65. The van der Waals surface area contributed by atoms with E-state index in [-0.39, 0.29) is 0 Å². The fourth-order valence-electron chi connectivity index (χ4n) is 5.75. The average Bonchev–Trinajstić information content (AvgIpc) is 2.44. The van der Waals surface area contributed by atoms with Crippen LogP contribution in [0.5, 0.6) is 0 Å². The average molecular weight is 337 g/mol. The standard InChI is InChI=1S/C22H40O2/c1-13(2)19-11-21(5,6)15-10-18-16(9-17(15)23-19)22(7,8)12-20(24-18)14(3)4/h13-20H,9-12H2,1-8H3/t15-,16+,17-,18+,19-,20-/m1/s1. The quantitative estimate of drug-likeness (QED) is 0.644. The second-order valence-electron chi connectivity index (χ2n) is 11.0. The number of fused-ring (bicyclic) bond motifs is 2. The van der Waals surface area contributed by atoms with Crippen molar-refractivity contribution in [3.8, 4) is 0 Å². The lowest BCUT2D eigenvalue weighted by Gasteiger charge is -2.58. The molecule has 0 aromatic heterocycles. The minimum Gasteiger partial charge on any atom is -0.374 e. The van der Waals surface area contributed by atoms with Crippen molar-refractivity contribution in [2.75, 3.05) is 0 Å². The Bertz CT molecular complexity index is 409. The van der Waals surface area contributed by atoms with Gasteiger partial charge in [-0.15, -0.1) is 0 Å². The van der Waals surface area contributed by atoms with Crippen molar-refractivity contribution in [2.45, 2.75) is 105 Å². The van der Waals surface area contributed by atoms with Gasteiger partial charge in [-0.2, -0.15) is 0 Å². The molecule has 0 aromatic rings. The van der Waals surface area contributed by atoms with Crippen LogP contribution >= 0.6 is 0 Å². The van der Waals surface area contributed by atoms with Gasteiger partial charge < -0.3 is 9.47 Å². The van der Waals surface area contributed by atoms with Crippen LogP contribution in [0.2, 0.25) is 0 Å². The first kappa shape index (κ1) is 18.7. The van der Waals surface area contributed by atoms with E-state index in [1.165, 1.54) is 25.7 Å². The highest BCUT2D eigenvalue weighted by molar-refractivity contribution is 5.03. The highest BCUT2D eigenvalue weighted by Crippen LogP contribution is 2.56. The normalized spacial score (nSPS) is 44.2. The summed E-state index contributed by atoms with van der Waals surface area (Å²) >= 11 is 0. The Hall–Kier alpha value is -0.0800. The SMILES string of the molecule is CC(C)[C@H]1CC(C)(C)[C@H]2C[C@H]3O[C@@H](C(C)C)CC(C)(C)[C@@H]3C[C@@H]2O1. The van der Waals surface area contributed by atoms with E-state index in [1.807, 2.05) is 0 Å². The van der Waals surface area contributed by atoms with E-state index in [0.717, 1.165) is 0 Å². The van der Waals surface area contributed by atoms with Gasteiger partial charge in [0.05, 0.1) is 24.4 Å². The first-order valence-electron chi connectivity index (χ1n) is 10.3. The number of ether oxygens (including phenoxy) is 2. The molecule has 3 aliphatic rings. The molecule has 0 N–H and O–H groups in total. The van der Waals surface area contributed by atoms with Gasteiger partial charge in [-0.05, 0) is 60.2 Å². The first-order chi connectivity index (χ1) is 11.0. The molecule has 0 unspecified atom stereocenters. The van der Waals surface area contributed by atoms with Gasteiger partial charge >= 0.3 is 0 Å². The molecule has 0 aromatic carbocycles. The van der Waals surface area contributed by atoms with Crippen molar-refractivity contribution < 1.29 is 9.47 Å². The lowest BCUT2D eigenvalue weighted by molar-refractivity contribution is -0.237. The molecule has 6 atom stereocenters. The largest absolute Gasteiger partial charge is 0.374 e. The number of hydrogen-bond acceptors (Lipinski definition) is 2. The molecule has 3 fully saturated rings. The van der Waals surface area contributed by atoms with E-state index in [9.17, 15) is 0 Å². The van der Waals surface area contributed by atoms with E-state index >= 15 is 0 Å². The van der Waals surface area contributed by atoms with Crippen LogP contribution in [0.4, 0.5) is 0 Å². The molecule has 2 aliphatic heterocycles. The Morgan fingerprint density at radius 3 is 1.29 bits per heavy atom. The summed E-state index contributed by atoms with van der Waals surface area (Å²) in [6.07, 6.45) is 6.49. The van der Waals surface area contributed by atoms with Gasteiger partial charge in [-0.3, -0.25) is 0 Å². The Kier molecular flexibility index (Phi) is 4.88. The Morgan fingerprint density at radius 1 is 0.667 bits per heavy atom. The Morgan fingerprint density at radius 2 is 1.00 bits per heavy atom. The van der Waals surface area contributed by atoms with Gasteiger partial charge in [0, 0.05) is 0 Å². The van der Waals surface area contributed by atoms with Crippen LogP contribution in [-0.4, -0.2) is 24.4 Å². The van der Waals surface area contributed by atoms with Crippen LogP contribution in [0, 0.1) is 34.5 Å². The maximum atomic E-state index is 6.65. The lowest BCUT2D eigenvalue weighted by Crippen LogP contribution is -2.58. The molecule has 0 radical (unpaired) electrons. The lowest BCUT2D eigenvalue weighted by atomic mass is 9.56. The van der Waals surface area contributed by atoms with Crippen molar-refractivity contribution in [3.63, 3.8) is 0 Å². The summed E-state index contributed by atoms with van der Waals surface area (Å²) in [5.74, 6) is 2.53. The Balaban J connectivity index is 1.82. The molecule has 0 spiro atoms. The first-order valence-corrected chi connectivity index (χ1v) is 10.3. The van der Waals surface area contributed by atoms with Crippen LogP contribution in [0.15, 0.2) is 0 Å². The molecule has 0 bridgehead atoms. The second kappa shape index (κ2) is 6.27. The Labute approximate surface area is 150 Å². The molecule has 0 amide bonds. The molecular weight excluding hydrogens is 296 g/mol. The molecule has 2 heterocycles. The summed E-state index contributed by atoms with van der Waals surface area (Å²) in [6.45, 7) is 19.1. The zero-order valence-electron chi connectivity index (χ0n) is 17.3. The van der Waals surface area contributed by atoms with Crippen LogP contribution in [0.1, 0.15) is 81.1 Å². The molecule has 24 heavy (non-hydrogen) atoms. The van der Waals surface area contributed by atoms with Gasteiger partial charge in [0.1, 0.15) is 0 Å². The maximum Gasteiger partial charge on any atom is 0.0617 e. The van der Waals surface area contributed by atoms with Crippen molar-refractivity contribution in [2.24, 2.45) is 34.5 Å². The predicted molar refractivity (Wildman–Crippen MR) is 100 cm³/mol. The zero-order chi connectivity index (χ0) is 17.9. The predicted octanol–water partition coefficient (Wildman–Crippen LogP) is 5.69. The van der Waals surface area contributed by atoms with Crippen molar-refractivity contribution in [1.82, 2.24) is 0 Å². The van der Waals surface area contributed by atoms with Crippen LogP contribution in [-0.2, 0) is 9.47 Å². The molecule has 2 heteroatoms. The van der Waals surface area contributed by atoms with Gasteiger partial charge in [-0.1, -0.05) is 55.4 Å². The number of rotatable bonds is 2. The molecule has 1 saturated carbocycles. The van der Waals surface area contributed by atoms with E-state index in [0.29, 0.717) is 58.9 Å². The molecule has 1 aliphatic carbocycles. The van der Waals surface area contributed by atoms with Crippen LogP contribution < -0.4 is 0 Å². The fourth-order valence-corrected chi connectivity index (χ4v) is 5.75. The summed E-state index contributed by atoms with van der Waals surface area (Å²) in [5, 5.41) is 0. The minimum absolute atomic E-state index is 0.362. The van der Waals surface area contributed by atoms with Crippen LogP contribution in [0.3, 0.4) is 0 Å². The molecule has 3 rings (SSSR count). The van der Waals surface area contributed by atoms with Gasteiger partial charge in [-0.25, -0.2) is 0 Å². The van der Waals surface area contributed by atoms with Crippen LogP contribution in [0.25, 0.3) is 0 Å². The van der Waals surface area contributed by atoms with E-state index in [2.05, 4.69) is 55.4 Å². The minimum atomic E-state index is 0.362. The van der Waals surface area contributed by atoms with E-state index in [1.54, 1.807) is 0 Å². The third-order valence-electron chi connectivity index (χ3n) is 7.52. The highest BCUT2D eigenvalue weighted by atomic mass is 16.5. The van der Waals surface area contributed by atoms with Crippen molar-refractivity contribution in [3.05, 3.63) is 0 Å². The van der Waals surface area contributed by atoms with Crippen molar-refractivity contribution in [1.29, 1.82) is 0 Å². The third-order valence-corrected chi connectivity index (χ3v) is 7.52. The van der Waals surface area contributed by atoms with Gasteiger partial charge in [0.25, 0.3) is 0 Å². The topological polar surface area (TPSA) is 18.5 Å². The highest BCUT2D eigenvalue weighted by Gasteiger charge is 2.55. The summed E-state index contributed by atoms with van der Waals surface area (Å²) in [7, 11) is 0. The van der Waals surface area contributed by atoms with Gasteiger partial charge in [0.2, 0.25) is 0 Å². The summed E-state index contributed by atoms with van der Waals surface area (Å²) < 4.78 is 13.3. The zero-order valence-corrected chi connectivity index (χ0v) is 17.3. The summed E-state index contributed by atoms with van der Waals surface area (Å²) in [5.41, 5.74) is 0.724. The summed E-state index contributed by atoms with van der Waals surface area (Å²) in [4.78, 5) is 0. The van der Waals surface area contributed by atoms with E-state index in [4.69, 9.17) is 9.47 Å². The van der Waals surface area contributed by atoms with E-state index < -0.39 is 0 Å². The van der Waals surface area contributed by atoms with Gasteiger partial charge in [0.15, 0.2) is 0 Å². The molecule has 140 valence electrons. The van der Waals surface area contributed by atoms with Crippen molar-refractivity contribution >= 4 is 0 Å². The molecule has 2 nitrogen and oxygen atoms in total.